The molecule has 34 heavy (non-hydrogen) atoms. The molecule has 0 aliphatic carbocycles. The number of nitrogens with zero attached hydrogens (tertiary/aromatic N) is 2. The summed E-state index contributed by atoms with van der Waals surface area (Å²) in [5.41, 5.74) is 0.127. The highest BCUT2D eigenvalue weighted by molar-refractivity contribution is 7.89. The predicted octanol–water partition coefficient (Wildman–Crippen LogP) is 4.14. The molecule has 0 aromatic heterocycles. The number of sulfonamides is 1. The standard InChI is InChI=1S/C24H30F3N3O3S/c1-2-29(21-9-4-3-5-10-21)15-7-14-28-23(31)19-12-16-30(17-13-19)34(32,33)22-11-6-8-20(18-22)24(25,26)27/h3-6,8-11,18-19H,2,7,12-17H2,1H3,(H,28,31). The average molecular weight is 498 g/mol. The Morgan fingerprint density at radius 2 is 1.76 bits per heavy atom. The van der Waals surface area contributed by atoms with E-state index in [0.29, 0.717) is 25.5 Å². The van der Waals surface area contributed by atoms with E-state index in [4.69, 9.17) is 0 Å². The third kappa shape index (κ3) is 6.50. The maximum absolute atomic E-state index is 13.0. The van der Waals surface area contributed by atoms with Gasteiger partial charge in [-0.25, -0.2) is 8.42 Å². The van der Waals surface area contributed by atoms with Crippen LogP contribution in [0.4, 0.5) is 18.9 Å². The Balaban J connectivity index is 1.47. The summed E-state index contributed by atoms with van der Waals surface area (Å²) in [5.74, 6) is -0.428. The molecule has 186 valence electrons. The van der Waals surface area contributed by atoms with Crippen molar-refractivity contribution >= 4 is 21.6 Å². The summed E-state index contributed by atoms with van der Waals surface area (Å²) in [6.07, 6.45) is -3.19. The molecule has 0 radical (unpaired) electrons. The van der Waals surface area contributed by atoms with Gasteiger partial charge in [0, 0.05) is 44.3 Å². The van der Waals surface area contributed by atoms with Gasteiger partial charge in [-0.15, -0.1) is 0 Å². The van der Waals surface area contributed by atoms with Gasteiger partial charge in [0.05, 0.1) is 10.5 Å². The fraction of sp³-hybridized carbons (Fsp3) is 0.458. The van der Waals surface area contributed by atoms with E-state index in [1.807, 2.05) is 30.3 Å². The summed E-state index contributed by atoms with van der Waals surface area (Å²) in [7, 11) is -4.06. The molecule has 1 saturated heterocycles. The van der Waals surface area contributed by atoms with Crippen LogP contribution in [0.2, 0.25) is 0 Å². The molecule has 6 nitrogen and oxygen atoms in total. The number of halogens is 3. The number of hydrogen-bond acceptors (Lipinski definition) is 4. The van der Waals surface area contributed by atoms with Gasteiger partial charge >= 0.3 is 6.18 Å². The molecule has 1 heterocycles. The van der Waals surface area contributed by atoms with Gasteiger partial charge in [-0.3, -0.25) is 4.79 Å². The molecule has 10 heteroatoms. The number of piperidine rings is 1. The minimum Gasteiger partial charge on any atom is -0.372 e. The highest BCUT2D eigenvalue weighted by Crippen LogP contribution is 2.32. The Morgan fingerprint density at radius 1 is 1.09 bits per heavy atom. The van der Waals surface area contributed by atoms with Gasteiger partial charge in [0.15, 0.2) is 0 Å². The van der Waals surface area contributed by atoms with E-state index in [1.54, 1.807) is 0 Å². The largest absolute Gasteiger partial charge is 0.416 e. The summed E-state index contributed by atoms with van der Waals surface area (Å²) in [6.45, 7) is 4.44. The zero-order valence-corrected chi connectivity index (χ0v) is 19.9. The minimum atomic E-state index is -4.62. The van der Waals surface area contributed by atoms with Crippen LogP contribution in [-0.4, -0.2) is 51.4 Å². The highest BCUT2D eigenvalue weighted by Gasteiger charge is 2.35. The van der Waals surface area contributed by atoms with E-state index < -0.39 is 21.8 Å². The van der Waals surface area contributed by atoms with Crippen LogP contribution in [0.25, 0.3) is 0 Å². The summed E-state index contributed by atoms with van der Waals surface area (Å²) < 4.78 is 65.7. The molecule has 0 bridgehead atoms. The van der Waals surface area contributed by atoms with Crippen molar-refractivity contribution in [3.8, 4) is 0 Å². The van der Waals surface area contributed by atoms with E-state index in [-0.39, 0.29) is 29.8 Å². The van der Waals surface area contributed by atoms with Gasteiger partial charge in [0.25, 0.3) is 0 Å². The Hall–Kier alpha value is -2.59. The summed E-state index contributed by atoms with van der Waals surface area (Å²) >= 11 is 0. The predicted molar refractivity (Wildman–Crippen MR) is 125 cm³/mol. The number of amides is 1. The maximum atomic E-state index is 13.0. The monoisotopic (exact) mass is 497 g/mol. The number of benzene rings is 2. The molecule has 0 atom stereocenters. The topological polar surface area (TPSA) is 69.7 Å². The fourth-order valence-electron chi connectivity index (χ4n) is 4.07. The van der Waals surface area contributed by atoms with Crippen molar-refractivity contribution < 1.29 is 26.4 Å². The normalized spacial score (nSPS) is 15.8. The van der Waals surface area contributed by atoms with Crippen LogP contribution in [0.15, 0.2) is 59.5 Å². The lowest BCUT2D eigenvalue weighted by Gasteiger charge is -2.30. The second-order valence-electron chi connectivity index (χ2n) is 8.26. The molecule has 1 amide bonds. The number of alkyl halides is 3. The molecule has 2 aromatic rings. The van der Waals surface area contributed by atoms with Crippen molar-refractivity contribution in [3.05, 3.63) is 60.2 Å². The molecule has 0 spiro atoms. The van der Waals surface area contributed by atoms with Crippen molar-refractivity contribution in [2.45, 2.75) is 37.3 Å². The zero-order chi connectivity index (χ0) is 24.8. The number of anilines is 1. The first kappa shape index (κ1) is 26.0. The molecule has 1 N–H and O–H groups in total. The van der Waals surface area contributed by atoms with Crippen molar-refractivity contribution in [1.29, 1.82) is 0 Å². The zero-order valence-electron chi connectivity index (χ0n) is 19.1. The smallest absolute Gasteiger partial charge is 0.372 e. The fourth-order valence-corrected chi connectivity index (χ4v) is 5.59. The van der Waals surface area contributed by atoms with Gasteiger partial charge in [0.2, 0.25) is 15.9 Å². The number of carbonyl (C=O) groups is 1. The summed E-state index contributed by atoms with van der Waals surface area (Å²) in [4.78, 5) is 14.4. The van der Waals surface area contributed by atoms with Crippen molar-refractivity contribution in [3.63, 3.8) is 0 Å². The SMILES string of the molecule is CCN(CCCNC(=O)C1CCN(S(=O)(=O)c2cccc(C(F)(F)F)c2)CC1)c1ccccc1. The third-order valence-electron chi connectivity index (χ3n) is 6.03. The van der Waals surface area contributed by atoms with E-state index >= 15 is 0 Å². The molecule has 2 aromatic carbocycles. The first-order chi connectivity index (χ1) is 16.1. The van der Waals surface area contributed by atoms with Crippen molar-refractivity contribution in [2.75, 3.05) is 37.6 Å². The van der Waals surface area contributed by atoms with Gasteiger partial charge in [-0.05, 0) is 56.5 Å². The molecule has 1 aliphatic heterocycles. The van der Waals surface area contributed by atoms with E-state index in [2.05, 4.69) is 17.1 Å². The highest BCUT2D eigenvalue weighted by atomic mass is 32.2. The van der Waals surface area contributed by atoms with Crippen LogP contribution in [0, 0.1) is 5.92 Å². The van der Waals surface area contributed by atoms with Crippen LogP contribution < -0.4 is 10.2 Å². The second-order valence-corrected chi connectivity index (χ2v) is 10.2. The average Bonchev–Trinajstić information content (AvgIpc) is 2.84. The summed E-state index contributed by atoms with van der Waals surface area (Å²) in [5, 5.41) is 2.93. The van der Waals surface area contributed by atoms with Gasteiger partial charge in [-0.2, -0.15) is 17.5 Å². The lowest BCUT2D eigenvalue weighted by molar-refractivity contribution is -0.137. The molecule has 1 aliphatic rings. The molecule has 1 fully saturated rings. The van der Waals surface area contributed by atoms with Crippen LogP contribution in [0.1, 0.15) is 31.7 Å². The molecule has 3 rings (SSSR count). The lowest BCUT2D eigenvalue weighted by Crippen LogP contribution is -2.43. The van der Waals surface area contributed by atoms with Crippen LogP contribution in [0.5, 0.6) is 0 Å². The number of hydrogen-bond donors (Lipinski definition) is 1. The maximum Gasteiger partial charge on any atom is 0.416 e. The molecular weight excluding hydrogens is 467 g/mol. The number of nitrogens with one attached hydrogen (secondary N) is 1. The lowest BCUT2D eigenvalue weighted by atomic mass is 9.97. The first-order valence-corrected chi connectivity index (χ1v) is 12.8. The van der Waals surface area contributed by atoms with E-state index in [1.165, 1.54) is 6.07 Å². The third-order valence-corrected chi connectivity index (χ3v) is 7.93. The number of carbonyl (C=O) groups excluding carboxylic acids is 1. The number of para-hydroxylation sites is 1. The molecule has 0 saturated carbocycles. The van der Waals surface area contributed by atoms with Crippen LogP contribution in [0.3, 0.4) is 0 Å². The minimum absolute atomic E-state index is 0.0916. The summed E-state index contributed by atoms with van der Waals surface area (Å²) in [6, 6.07) is 13.8. The quantitative estimate of drug-likeness (QED) is 0.529. The Bertz CT molecular complexity index is 1050. The van der Waals surface area contributed by atoms with Gasteiger partial charge < -0.3 is 10.2 Å². The van der Waals surface area contributed by atoms with E-state index in [0.717, 1.165) is 41.6 Å². The Labute approximate surface area is 198 Å². The number of rotatable bonds is 9. The second kappa shape index (κ2) is 11.2. The molecule has 0 unspecified atom stereocenters. The van der Waals surface area contributed by atoms with Gasteiger partial charge in [0.1, 0.15) is 0 Å². The van der Waals surface area contributed by atoms with Gasteiger partial charge in [-0.1, -0.05) is 24.3 Å². The van der Waals surface area contributed by atoms with E-state index in [9.17, 15) is 26.4 Å². The first-order valence-electron chi connectivity index (χ1n) is 11.4. The Morgan fingerprint density at radius 3 is 2.38 bits per heavy atom. The molecular formula is C24H30F3N3O3S. The Kier molecular flexibility index (Phi) is 8.59. The van der Waals surface area contributed by atoms with Crippen molar-refractivity contribution in [1.82, 2.24) is 9.62 Å². The van der Waals surface area contributed by atoms with Crippen LogP contribution >= 0.6 is 0 Å². The van der Waals surface area contributed by atoms with Crippen molar-refractivity contribution in [2.24, 2.45) is 5.92 Å². The van der Waals surface area contributed by atoms with Crippen LogP contribution in [-0.2, 0) is 21.0 Å².